The first kappa shape index (κ1) is 10.7. The van der Waals surface area contributed by atoms with Crippen molar-refractivity contribution in [1.82, 2.24) is 0 Å². The Balaban J connectivity index is 1.84. The summed E-state index contributed by atoms with van der Waals surface area (Å²) < 4.78 is 5.95. The molecule has 0 unspecified atom stereocenters. The van der Waals surface area contributed by atoms with E-state index in [9.17, 15) is 0 Å². The highest BCUT2D eigenvalue weighted by atomic mass is 16.5. The lowest BCUT2D eigenvalue weighted by atomic mass is 9.98. The molecule has 1 nitrogen and oxygen atoms in total. The van der Waals surface area contributed by atoms with Gasteiger partial charge in [0, 0.05) is 0 Å². The molecule has 15 heavy (non-hydrogen) atoms. The highest BCUT2D eigenvalue weighted by Gasteiger charge is 2.13. The van der Waals surface area contributed by atoms with Crippen molar-refractivity contribution in [1.29, 1.82) is 0 Å². The molecule has 0 aliphatic heterocycles. The normalized spacial score (nSPS) is 17.9. The molecule has 0 aromatic heterocycles. The zero-order valence-electron chi connectivity index (χ0n) is 9.54. The second-order valence-electron chi connectivity index (χ2n) is 4.50. The largest absolute Gasteiger partial charge is 0.374 e. The summed E-state index contributed by atoms with van der Waals surface area (Å²) in [6.07, 6.45) is 7.11. The topological polar surface area (TPSA) is 9.23 Å². The minimum absolute atomic E-state index is 0.512. The fraction of sp³-hybridized carbons (Fsp3) is 0.571. The molecule has 1 aromatic rings. The van der Waals surface area contributed by atoms with Gasteiger partial charge in [0.1, 0.15) is 0 Å². The lowest BCUT2D eigenvalue weighted by Gasteiger charge is -2.22. The van der Waals surface area contributed by atoms with Gasteiger partial charge in [-0.1, -0.05) is 43.5 Å². The van der Waals surface area contributed by atoms with Crippen LogP contribution in [0, 0.1) is 6.92 Å². The Morgan fingerprint density at radius 3 is 2.60 bits per heavy atom. The van der Waals surface area contributed by atoms with Gasteiger partial charge in [-0.3, -0.25) is 0 Å². The van der Waals surface area contributed by atoms with Gasteiger partial charge >= 0.3 is 0 Å². The molecule has 0 radical (unpaired) electrons. The molecule has 82 valence electrons. The summed E-state index contributed by atoms with van der Waals surface area (Å²) in [7, 11) is 0. The minimum atomic E-state index is 0.512. The van der Waals surface area contributed by atoms with Crippen LogP contribution >= 0.6 is 0 Å². The Labute approximate surface area is 92.5 Å². The highest BCUT2D eigenvalue weighted by molar-refractivity contribution is 5.24. The fourth-order valence-electron chi connectivity index (χ4n) is 2.21. The first-order valence-electron chi connectivity index (χ1n) is 6.02. The first-order chi connectivity index (χ1) is 7.36. The molecule has 1 fully saturated rings. The Bertz CT molecular complexity index is 300. The van der Waals surface area contributed by atoms with E-state index in [0.717, 1.165) is 6.61 Å². The van der Waals surface area contributed by atoms with Gasteiger partial charge in [0.2, 0.25) is 0 Å². The number of rotatable bonds is 3. The molecule has 2 rings (SSSR count). The predicted octanol–water partition coefficient (Wildman–Crippen LogP) is 3.84. The van der Waals surface area contributed by atoms with Gasteiger partial charge in [0.25, 0.3) is 0 Å². The maximum atomic E-state index is 5.95. The van der Waals surface area contributed by atoms with Crippen molar-refractivity contribution >= 4 is 0 Å². The van der Waals surface area contributed by atoms with Crippen molar-refractivity contribution in [3.63, 3.8) is 0 Å². The van der Waals surface area contributed by atoms with Gasteiger partial charge in [-0.05, 0) is 30.9 Å². The van der Waals surface area contributed by atoms with Crippen LogP contribution in [0.1, 0.15) is 43.2 Å². The zero-order chi connectivity index (χ0) is 10.5. The predicted molar refractivity (Wildman–Crippen MR) is 62.8 cm³/mol. The standard InChI is InChI=1S/C14H20O/c1-12-7-5-6-8-13(12)11-15-14-9-3-2-4-10-14/h5-8,14H,2-4,9-11H2,1H3. The summed E-state index contributed by atoms with van der Waals surface area (Å²) in [6, 6.07) is 8.49. The number of benzene rings is 1. The first-order valence-corrected chi connectivity index (χ1v) is 6.02. The molecule has 0 N–H and O–H groups in total. The van der Waals surface area contributed by atoms with Gasteiger partial charge in [0.15, 0.2) is 0 Å². The molecule has 1 aliphatic rings. The Kier molecular flexibility index (Phi) is 3.79. The number of hydrogen-bond acceptors (Lipinski definition) is 1. The van der Waals surface area contributed by atoms with Crippen LogP contribution in [-0.4, -0.2) is 6.10 Å². The van der Waals surface area contributed by atoms with Crippen molar-refractivity contribution < 1.29 is 4.74 Å². The van der Waals surface area contributed by atoms with Gasteiger partial charge in [-0.15, -0.1) is 0 Å². The second-order valence-corrected chi connectivity index (χ2v) is 4.50. The maximum Gasteiger partial charge on any atom is 0.0723 e. The molecule has 0 amide bonds. The van der Waals surface area contributed by atoms with Gasteiger partial charge in [-0.25, -0.2) is 0 Å². The fourth-order valence-corrected chi connectivity index (χ4v) is 2.21. The monoisotopic (exact) mass is 204 g/mol. The van der Waals surface area contributed by atoms with E-state index in [-0.39, 0.29) is 0 Å². The molecule has 0 spiro atoms. The van der Waals surface area contributed by atoms with Gasteiger partial charge in [-0.2, -0.15) is 0 Å². The maximum absolute atomic E-state index is 5.95. The molecular weight excluding hydrogens is 184 g/mol. The van der Waals surface area contributed by atoms with Crippen LogP contribution in [-0.2, 0) is 11.3 Å². The van der Waals surface area contributed by atoms with Crippen molar-refractivity contribution in [2.45, 2.75) is 51.7 Å². The van der Waals surface area contributed by atoms with Gasteiger partial charge in [0.05, 0.1) is 12.7 Å². The van der Waals surface area contributed by atoms with Crippen LogP contribution in [0.25, 0.3) is 0 Å². The molecule has 1 saturated carbocycles. The lowest BCUT2D eigenvalue weighted by Crippen LogP contribution is -2.16. The van der Waals surface area contributed by atoms with E-state index in [0.29, 0.717) is 6.10 Å². The van der Waals surface area contributed by atoms with E-state index in [4.69, 9.17) is 4.74 Å². The van der Waals surface area contributed by atoms with Crippen molar-refractivity contribution in [3.8, 4) is 0 Å². The summed E-state index contributed by atoms with van der Waals surface area (Å²) in [5, 5.41) is 0. The van der Waals surface area contributed by atoms with E-state index >= 15 is 0 Å². The molecule has 0 atom stereocenters. The number of ether oxygens (including phenoxy) is 1. The van der Waals surface area contributed by atoms with Crippen molar-refractivity contribution in [3.05, 3.63) is 35.4 Å². The minimum Gasteiger partial charge on any atom is -0.374 e. The molecule has 1 aromatic carbocycles. The highest BCUT2D eigenvalue weighted by Crippen LogP contribution is 2.21. The van der Waals surface area contributed by atoms with Crippen molar-refractivity contribution in [2.75, 3.05) is 0 Å². The smallest absolute Gasteiger partial charge is 0.0723 e. The van der Waals surface area contributed by atoms with E-state index in [1.54, 1.807) is 0 Å². The van der Waals surface area contributed by atoms with E-state index in [2.05, 4.69) is 31.2 Å². The lowest BCUT2D eigenvalue weighted by molar-refractivity contribution is 0.0166. The van der Waals surface area contributed by atoms with E-state index < -0.39 is 0 Å². The summed E-state index contributed by atoms with van der Waals surface area (Å²) in [5.74, 6) is 0. The van der Waals surface area contributed by atoms with Crippen LogP contribution in [0.4, 0.5) is 0 Å². The summed E-state index contributed by atoms with van der Waals surface area (Å²) >= 11 is 0. The molecule has 1 aliphatic carbocycles. The molecule has 1 heteroatoms. The third-order valence-electron chi connectivity index (χ3n) is 3.29. The molecule has 0 heterocycles. The van der Waals surface area contributed by atoms with Crippen LogP contribution in [0.15, 0.2) is 24.3 Å². The average Bonchev–Trinajstić information content (AvgIpc) is 2.29. The Hall–Kier alpha value is -0.820. The number of aryl methyl sites for hydroxylation is 1. The van der Waals surface area contributed by atoms with Crippen LogP contribution in [0.5, 0.6) is 0 Å². The summed E-state index contributed by atoms with van der Waals surface area (Å²) in [6.45, 7) is 2.94. The Morgan fingerprint density at radius 1 is 1.13 bits per heavy atom. The average molecular weight is 204 g/mol. The number of hydrogen-bond donors (Lipinski definition) is 0. The SMILES string of the molecule is Cc1ccccc1COC1CCCCC1. The third-order valence-corrected chi connectivity index (χ3v) is 3.29. The van der Waals surface area contributed by atoms with E-state index in [1.807, 2.05) is 0 Å². The van der Waals surface area contributed by atoms with Crippen molar-refractivity contribution in [2.24, 2.45) is 0 Å². The van der Waals surface area contributed by atoms with Crippen LogP contribution < -0.4 is 0 Å². The Morgan fingerprint density at radius 2 is 1.87 bits per heavy atom. The van der Waals surface area contributed by atoms with Crippen LogP contribution in [0.2, 0.25) is 0 Å². The van der Waals surface area contributed by atoms with Gasteiger partial charge < -0.3 is 4.74 Å². The zero-order valence-corrected chi connectivity index (χ0v) is 9.54. The second kappa shape index (κ2) is 5.32. The van der Waals surface area contributed by atoms with E-state index in [1.165, 1.54) is 43.2 Å². The quantitative estimate of drug-likeness (QED) is 0.726. The summed E-state index contributed by atoms with van der Waals surface area (Å²) in [4.78, 5) is 0. The van der Waals surface area contributed by atoms with Crippen LogP contribution in [0.3, 0.4) is 0 Å². The summed E-state index contributed by atoms with van der Waals surface area (Å²) in [5.41, 5.74) is 2.68. The third kappa shape index (κ3) is 3.07. The molecular formula is C14H20O. The molecule has 0 saturated heterocycles. The molecule has 0 bridgehead atoms.